The van der Waals surface area contributed by atoms with E-state index < -0.39 is 27.0 Å². The van der Waals surface area contributed by atoms with Crippen molar-refractivity contribution < 1.29 is 61.6 Å². The van der Waals surface area contributed by atoms with Crippen LogP contribution in [-0.4, -0.2) is 24.9 Å². The Morgan fingerprint density at radius 1 is 0.913 bits per heavy atom. The molecule has 0 amide bonds. The summed E-state index contributed by atoms with van der Waals surface area (Å²) >= 11 is 0. The topological polar surface area (TPSA) is 110 Å². The van der Waals surface area contributed by atoms with Crippen molar-refractivity contribution in [2.24, 2.45) is 0 Å². The summed E-state index contributed by atoms with van der Waals surface area (Å²) in [5.74, 6) is -1.27. The minimum atomic E-state index is -4.60. The summed E-state index contributed by atoms with van der Waals surface area (Å²) < 4.78 is 43.0. The number of fused-ring (bicyclic) bond motifs is 1. The van der Waals surface area contributed by atoms with Crippen molar-refractivity contribution in [1.82, 2.24) is 0 Å². The van der Waals surface area contributed by atoms with Crippen molar-refractivity contribution >= 4 is 32.8 Å². The predicted octanol–water partition coefficient (Wildman–Crippen LogP) is -1.40. The van der Waals surface area contributed by atoms with E-state index >= 15 is 0 Å². The second-order valence-corrected chi connectivity index (χ2v) is 5.83. The second kappa shape index (κ2) is 7.41. The summed E-state index contributed by atoms with van der Waals surface area (Å²) in [6, 6.07) is 6.43. The van der Waals surface area contributed by atoms with Gasteiger partial charge >= 0.3 is 41.5 Å². The van der Waals surface area contributed by atoms with Crippen molar-refractivity contribution in [3.8, 4) is 11.5 Å². The molecule has 0 aromatic heterocycles. The van der Waals surface area contributed by atoms with Crippen LogP contribution in [0.5, 0.6) is 11.5 Å². The summed E-state index contributed by atoms with van der Waals surface area (Å²) in [4.78, 5) is 21.8. The zero-order valence-corrected chi connectivity index (χ0v) is 15.5. The second-order valence-electron chi connectivity index (χ2n) is 4.45. The van der Waals surface area contributed by atoms with E-state index in [1.54, 1.807) is 0 Å². The molecule has 9 heteroatoms. The first-order valence-electron chi connectivity index (χ1n) is 6.07. The van der Waals surface area contributed by atoms with Gasteiger partial charge in [-0.25, -0.2) is 8.42 Å². The van der Waals surface area contributed by atoms with E-state index in [4.69, 9.17) is 9.47 Å². The number of carbonyl (C=O) groups excluding carboxylic acids is 2. The van der Waals surface area contributed by atoms with Gasteiger partial charge in [-0.1, -0.05) is 6.07 Å². The Bertz CT molecular complexity index is 874. The molecule has 0 spiro atoms. The monoisotopic (exact) mass is 346 g/mol. The first-order valence-corrected chi connectivity index (χ1v) is 7.48. The van der Waals surface area contributed by atoms with Crippen molar-refractivity contribution in [1.29, 1.82) is 0 Å². The molecule has 7 nitrogen and oxygen atoms in total. The number of esters is 2. The van der Waals surface area contributed by atoms with Crippen molar-refractivity contribution in [3.05, 3.63) is 30.3 Å². The molecule has 0 atom stereocenters. The predicted molar refractivity (Wildman–Crippen MR) is 74.5 cm³/mol. The fourth-order valence-corrected chi connectivity index (χ4v) is 2.36. The van der Waals surface area contributed by atoms with E-state index in [0.717, 1.165) is 12.1 Å². The number of ether oxygens (including phenoxy) is 2. The molecule has 116 valence electrons. The van der Waals surface area contributed by atoms with Crippen LogP contribution in [0, 0.1) is 0 Å². The Balaban J connectivity index is 0.00000264. The summed E-state index contributed by atoms with van der Waals surface area (Å²) in [6.45, 7) is 2.36. The molecule has 0 fully saturated rings. The smallest absolute Gasteiger partial charge is 0.744 e. The van der Waals surface area contributed by atoms with E-state index in [1.807, 2.05) is 0 Å². The van der Waals surface area contributed by atoms with Gasteiger partial charge in [0.15, 0.2) is 11.5 Å². The number of hydrogen-bond acceptors (Lipinski definition) is 7. The Labute approximate surface area is 154 Å². The van der Waals surface area contributed by atoms with Crippen molar-refractivity contribution in [2.45, 2.75) is 18.7 Å². The molecule has 0 radical (unpaired) electrons. The minimum Gasteiger partial charge on any atom is -0.744 e. The maximum Gasteiger partial charge on any atom is 1.00 e. The van der Waals surface area contributed by atoms with Crippen LogP contribution in [0.25, 0.3) is 10.8 Å². The Hall–Kier alpha value is -1.45. The van der Waals surface area contributed by atoms with Crippen LogP contribution in [0.3, 0.4) is 0 Å². The van der Waals surface area contributed by atoms with Gasteiger partial charge < -0.3 is 14.0 Å². The van der Waals surface area contributed by atoms with Crippen LogP contribution in [0.1, 0.15) is 13.8 Å². The van der Waals surface area contributed by atoms with Gasteiger partial charge in [-0.3, -0.25) is 9.59 Å². The van der Waals surface area contributed by atoms with Gasteiger partial charge in [0.1, 0.15) is 10.1 Å². The number of hydrogen-bond donors (Lipinski definition) is 0. The fraction of sp³-hybridized carbons (Fsp3) is 0.143. The third-order valence-electron chi connectivity index (χ3n) is 2.67. The fourth-order valence-electron chi connectivity index (χ4n) is 1.86. The standard InChI is InChI=1S/C14H12O7S.Na/c1-8(15)20-13-6-10-3-4-12(22(17,18)19)5-11(10)7-14(13)21-9(2)16;/h3-7H,1-2H3,(H,17,18,19);/q;+1/p-1. The maximum atomic E-state index is 11.1. The maximum absolute atomic E-state index is 11.1. The van der Waals surface area contributed by atoms with Crippen molar-refractivity contribution in [3.63, 3.8) is 0 Å². The summed E-state index contributed by atoms with van der Waals surface area (Å²) in [5.41, 5.74) is 0. The van der Waals surface area contributed by atoms with Crippen LogP contribution in [-0.2, 0) is 19.7 Å². The molecule has 0 aliphatic heterocycles. The average Bonchev–Trinajstić information content (AvgIpc) is 2.36. The molecule has 2 aromatic carbocycles. The average molecular weight is 346 g/mol. The van der Waals surface area contributed by atoms with Gasteiger partial charge in [0.2, 0.25) is 0 Å². The first kappa shape index (κ1) is 19.6. The van der Waals surface area contributed by atoms with E-state index in [0.29, 0.717) is 10.8 Å². The number of rotatable bonds is 3. The van der Waals surface area contributed by atoms with Crippen molar-refractivity contribution in [2.75, 3.05) is 0 Å². The normalized spacial score (nSPS) is 10.7. The number of benzene rings is 2. The SMILES string of the molecule is CC(=O)Oc1cc2ccc(S(=O)(=O)[O-])cc2cc1OC(C)=O.[Na+]. The van der Waals surface area contributed by atoms with Crippen LogP contribution >= 0.6 is 0 Å². The Morgan fingerprint density at radius 3 is 1.83 bits per heavy atom. The number of carbonyl (C=O) groups is 2. The van der Waals surface area contributed by atoms with E-state index in [9.17, 15) is 22.6 Å². The minimum absolute atomic E-state index is 0. The van der Waals surface area contributed by atoms with Crippen LogP contribution in [0.15, 0.2) is 35.2 Å². The quantitative estimate of drug-likeness (QED) is 0.291. The molecule has 0 saturated carbocycles. The van der Waals surface area contributed by atoms with Gasteiger partial charge in [-0.15, -0.1) is 0 Å². The molecular weight excluding hydrogens is 335 g/mol. The van der Waals surface area contributed by atoms with Gasteiger partial charge in [-0.05, 0) is 35.0 Å². The molecule has 0 saturated heterocycles. The summed E-state index contributed by atoms with van der Waals surface area (Å²) in [6.07, 6.45) is 0. The summed E-state index contributed by atoms with van der Waals surface area (Å²) in [5, 5.41) is 0.864. The van der Waals surface area contributed by atoms with E-state index in [1.165, 1.54) is 32.0 Å². The van der Waals surface area contributed by atoms with E-state index in [2.05, 4.69) is 0 Å². The molecular formula is C14H11NaO7S. The molecule has 2 rings (SSSR count). The van der Waals surface area contributed by atoms with E-state index in [-0.39, 0.29) is 41.1 Å². The van der Waals surface area contributed by atoms with Gasteiger partial charge in [0.05, 0.1) is 4.90 Å². The van der Waals surface area contributed by atoms with Gasteiger partial charge in [0, 0.05) is 13.8 Å². The van der Waals surface area contributed by atoms with Crippen LogP contribution in [0.4, 0.5) is 0 Å². The molecule has 0 aliphatic rings. The molecule has 23 heavy (non-hydrogen) atoms. The zero-order chi connectivity index (χ0) is 16.5. The van der Waals surface area contributed by atoms with Gasteiger partial charge in [0.25, 0.3) is 0 Å². The van der Waals surface area contributed by atoms with Crippen LogP contribution < -0.4 is 39.0 Å². The zero-order valence-electron chi connectivity index (χ0n) is 12.7. The van der Waals surface area contributed by atoms with Gasteiger partial charge in [-0.2, -0.15) is 0 Å². The molecule has 2 aromatic rings. The Kier molecular flexibility index (Phi) is 6.32. The van der Waals surface area contributed by atoms with Crippen LogP contribution in [0.2, 0.25) is 0 Å². The third-order valence-corrected chi connectivity index (χ3v) is 3.50. The molecule has 0 N–H and O–H groups in total. The molecule has 0 unspecified atom stereocenters. The summed E-state index contributed by atoms with van der Waals surface area (Å²) in [7, 11) is -4.60. The first-order chi connectivity index (χ1) is 10.2. The Morgan fingerprint density at radius 2 is 1.39 bits per heavy atom. The molecule has 0 aliphatic carbocycles. The third kappa shape index (κ3) is 5.02. The largest absolute Gasteiger partial charge is 1.00 e. The molecule has 0 heterocycles. The molecule has 0 bridgehead atoms.